The van der Waals surface area contributed by atoms with Crippen molar-refractivity contribution in [2.24, 2.45) is 0 Å². The summed E-state index contributed by atoms with van der Waals surface area (Å²) in [5.41, 5.74) is 6.46. The van der Waals surface area contributed by atoms with Crippen LogP contribution in [-0.2, 0) is 4.74 Å². The summed E-state index contributed by atoms with van der Waals surface area (Å²) in [5.74, 6) is 1.04. The third kappa shape index (κ3) is 2.52. The first-order valence-electron chi connectivity index (χ1n) is 6.20. The SMILES string of the molecule is Cc1nn(-c2nc(N)nc(N3CCOCC3)n2)cc1Cl. The molecule has 0 bridgehead atoms. The van der Waals surface area contributed by atoms with Crippen molar-refractivity contribution in [3.05, 3.63) is 16.9 Å². The fourth-order valence-corrected chi connectivity index (χ4v) is 2.05. The van der Waals surface area contributed by atoms with Crippen molar-refractivity contribution in [3.63, 3.8) is 0 Å². The van der Waals surface area contributed by atoms with Crippen molar-refractivity contribution in [2.75, 3.05) is 36.9 Å². The number of nitrogens with zero attached hydrogens (tertiary/aromatic N) is 6. The van der Waals surface area contributed by atoms with Crippen molar-refractivity contribution in [1.82, 2.24) is 24.7 Å². The van der Waals surface area contributed by atoms with Crippen LogP contribution in [-0.4, -0.2) is 51.0 Å². The molecule has 1 aliphatic rings. The molecule has 1 aliphatic heterocycles. The number of halogens is 1. The first kappa shape index (κ1) is 13.1. The maximum Gasteiger partial charge on any atom is 0.257 e. The molecule has 1 saturated heterocycles. The number of nitrogens with two attached hydrogens (primary N) is 1. The monoisotopic (exact) mass is 295 g/mol. The number of aromatic nitrogens is 5. The van der Waals surface area contributed by atoms with Crippen LogP contribution in [0.1, 0.15) is 5.69 Å². The molecule has 0 unspecified atom stereocenters. The molecule has 0 radical (unpaired) electrons. The number of nitrogen functional groups attached to an aromatic ring is 1. The number of rotatable bonds is 2. The van der Waals surface area contributed by atoms with Gasteiger partial charge in [0.15, 0.2) is 0 Å². The molecule has 2 N–H and O–H groups in total. The van der Waals surface area contributed by atoms with Gasteiger partial charge in [0.25, 0.3) is 5.95 Å². The second kappa shape index (κ2) is 5.22. The minimum atomic E-state index is 0.153. The number of ether oxygens (including phenoxy) is 1. The molecule has 3 rings (SSSR count). The van der Waals surface area contributed by atoms with Crippen molar-refractivity contribution < 1.29 is 4.74 Å². The first-order chi connectivity index (χ1) is 9.63. The van der Waals surface area contributed by atoms with E-state index >= 15 is 0 Å². The summed E-state index contributed by atoms with van der Waals surface area (Å²) in [4.78, 5) is 14.7. The average Bonchev–Trinajstić information content (AvgIpc) is 2.79. The molecule has 106 valence electrons. The maximum absolute atomic E-state index is 5.99. The van der Waals surface area contributed by atoms with Gasteiger partial charge in [-0.3, -0.25) is 0 Å². The molecule has 2 aromatic heterocycles. The second-order valence-electron chi connectivity index (χ2n) is 4.40. The minimum absolute atomic E-state index is 0.153. The number of morpholine rings is 1. The van der Waals surface area contributed by atoms with E-state index in [0.29, 0.717) is 35.8 Å². The Morgan fingerprint density at radius 2 is 1.90 bits per heavy atom. The third-order valence-electron chi connectivity index (χ3n) is 2.97. The van der Waals surface area contributed by atoms with Crippen LogP contribution >= 0.6 is 11.6 Å². The van der Waals surface area contributed by atoms with E-state index in [4.69, 9.17) is 22.1 Å². The average molecular weight is 296 g/mol. The van der Waals surface area contributed by atoms with Gasteiger partial charge in [0.1, 0.15) is 0 Å². The highest BCUT2D eigenvalue weighted by atomic mass is 35.5. The Kier molecular flexibility index (Phi) is 3.41. The minimum Gasteiger partial charge on any atom is -0.378 e. The Hall–Kier alpha value is -1.93. The van der Waals surface area contributed by atoms with Crippen LogP contribution in [0.5, 0.6) is 0 Å². The Labute approximate surface area is 120 Å². The van der Waals surface area contributed by atoms with Crippen LogP contribution in [0.4, 0.5) is 11.9 Å². The largest absolute Gasteiger partial charge is 0.378 e. The Bertz CT molecular complexity index is 604. The highest BCUT2D eigenvalue weighted by Crippen LogP contribution is 2.17. The summed E-state index contributed by atoms with van der Waals surface area (Å²) in [6, 6.07) is 0. The van der Waals surface area contributed by atoms with Gasteiger partial charge < -0.3 is 15.4 Å². The molecule has 0 aromatic carbocycles. The van der Waals surface area contributed by atoms with Gasteiger partial charge in [0, 0.05) is 13.1 Å². The van der Waals surface area contributed by atoms with E-state index < -0.39 is 0 Å². The van der Waals surface area contributed by atoms with Crippen molar-refractivity contribution in [3.8, 4) is 5.95 Å². The molecule has 0 atom stereocenters. The van der Waals surface area contributed by atoms with E-state index in [-0.39, 0.29) is 5.95 Å². The van der Waals surface area contributed by atoms with E-state index in [0.717, 1.165) is 13.1 Å². The fourth-order valence-electron chi connectivity index (χ4n) is 1.92. The summed E-state index contributed by atoms with van der Waals surface area (Å²) < 4.78 is 6.81. The lowest BCUT2D eigenvalue weighted by Gasteiger charge is -2.26. The van der Waals surface area contributed by atoms with Crippen LogP contribution < -0.4 is 10.6 Å². The van der Waals surface area contributed by atoms with Crippen LogP contribution in [0.15, 0.2) is 6.20 Å². The van der Waals surface area contributed by atoms with E-state index in [2.05, 4.69) is 20.1 Å². The third-order valence-corrected chi connectivity index (χ3v) is 3.34. The first-order valence-corrected chi connectivity index (χ1v) is 6.57. The summed E-state index contributed by atoms with van der Waals surface area (Å²) >= 11 is 5.99. The molecule has 20 heavy (non-hydrogen) atoms. The molecule has 9 heteroatoms. The quantitative estimate of drug-likeness (QED) is 0.858. The van der Waals surface area contributed by atoms with Gasteiger partial charge in [-0.05, 0) is 6.92 Å². The van der Waals surface area contributed by atoms with Crippen LogP contribution in [0.2, 0.25) is 5.02 Å². The molecule has 0 aliphatic carbocycles. The van der Waals surface area contributed by atoms with Gasteiger partial charge in [-0.15, -0.1) is 0 Å². The summed E-state index contributed by atoms with van der Waals surface area (Å²) in [6.07, 6.45) is 1.65. The molecule has 0 saturated carbocycles. The maximum atomic E-state index is 5.99. The zero-order chi connectivity index (χ0) is 14.1. The summed E-state index contributed by atoms with van der Waals surface area (Å²) in [5, 5.41) is 4.79. The number of hydrogen-bond donors (Lipinski definition) is 1. The normalized spacial score (nSPS) is 15.6. The highest BCUT2D eigenvalue weighted by molar-refractivity contribution is 6.31. The van der Waals surface area contributed by atoms with E-state index in [1.54, 1.807) is 6.20 Å². The van der Waals surface area contributed by atoms with E-state index in [1.165, 1.54) is 4.68 Å². The molecular weight excluding hydrogens is 282 g/mol. The zero-order valence-electron chi connectivity index (χ0n) is 11.0. The Balaban J connectivity index is 1.97. The molecule has 0 amide bonds. The number of anilines is 2. The molecule has 8 nitrogen and oxygen atoms in total. The smallest absolute Gasteiger partial charge is 0.257 e. The molecule has 2 aromatic rings. The lowest BCUT2D eigenvalue weighted by Crippen LogP contribution is -2.37. The zero-order valence-corrected chi connectivity index (χ0v) is 11.7. The summed E-state index contributed by atoms with van der Waals surface area (Å²) in [6.45, 7) is 4.55. The molecule has 3 heterocycles. The van der Waals surface area contributed by atoms with Gasteiger partial charge >= 0.3 is 0 Å². The van der Waals surface area contributed by atoms with Gasteiger partial charge in [-0.1, -0.05) is 11.6 Å². The fraction of sp³-hybridized carbons (Fsp3) is 0.455. The number of aryl methyl sites for hydroxylation is 1. The summed E-state index contributed by atoms with van der Waals surface area (Å²) in [7, 11) is 0. The standard InChI is InChI=1S/C11H14ClN7O/c1-7-8(12)6-19(17-7)11-15-9(13)14-10(16-11)18-2-4-20-5-3-18/h6H,2-5H2,1H3,(H2,13,14,15,16). The number of hydrogen-bond acceptors (Lipinski definition) is 7. The Morgan fingerprint density at radius 3 is 2.55 bits per heavy atom. The topological polar surface area (TPSA) is 95.0 Å². The van der Waals surface area contributed by atoms with Crippen molar-refractivity contribution >= 4 is 23.5 Å². The van der Waals surface area contributed by atoms with Crippen molar-refractivity contribution in [2.45, 2.75) is 6.92 Å². The van der Waals surface area contributed by atoms with Gasteiger partial charge in [-0.25, -0.2) is 4.68 Å². The van der Waals surface area contributed by atoms with E-state index in [9.17, 15) is 0 Å². The van der Waals surface area contributed by atoms with Gasteiger partial charge in [-0.2, -0.15) is 20.1 Å². The van der Waals surface area contributed by atoms with E-state index in [1.807, 2.05) is 11.8 Å². The lowest BCUT2D eigenvalue weighted by atomic mass is 10.4. The molecule has 1 fully saturated rings. The van der Waals surface area contributed by atoms with Crippen LogP contribution in [0, 0.1) is 6.92 Å². The van der Waals surface area contributed by atoms with Crippen LogP contribution in [0.3, 0.4) is 0 Å². The van der Waals surface area contributed by atoms with Gasteiger partial charge in [0.2, 0.25) is 11.9 Å². The highest BCUT2D eigenvalue weighted by Gasteiger charge is 2.17. The lowest BCUT2D eigenvalue weighted by molar-refractivity contribution is 0.122. The molecule has 0 spiro atoms. The predicted octanol–water partition coefficient (Wildman–Crippen LogP) is 0.438. The molecular formula is C11H14ClN7O. The van der Waals surface area contributed by atoms with Crippen LogP contribution in [0.25, 0.3) is 5.95 Å². The predicted molar refractivity (Wildman–Crippen MR) is 74.1 cm³/mol. The van der Waals surface area contributed by atoms with Gasteiger partial charge in [0.05, 0.1) is 30.1 Å². The van der Waals surface area contributed by atoms with Crippen molar-refractivity contribution in [1.29, 1.82) is 0 Å². The second-order valence-corrected chi connectivity index (χ2v) is 4.81. The Morgan fingerprint density at radius 1 is 1.20 bits per heavy atom.